The number of nitrogens with zero attached hydrogens (tertiary/aromatic N) is 1. The summed E-state index contributed by atoms with van der Waals surface area (Å²) in [4.78, 5) is 2.70. The summed E-state index contributed by atoms with van der Waals surface area (Å²) in [6.07, 6.45) is 3.34. The van der Waals surface area contributed by atoms with Crippen LogP contribution in [0.1, 0.15) is 19.4 Å². The summed E-state index contributed by atoms with van der Waals surface area (Å²) in [5.41, 5.74) is 1.44. The topological polar surface area (TPSA) is 15.3 Å². The third-order valence-electron chi connectivity index (χ3n) is 4.22. The SMILES string of the molecule is CSCCN1CC(Cc2ccccc2)NCC1C(C)C. The minimum absolute atomic E-state index is 0.592. The number of hydrogen-bond donors (Lipinski definition) is 1. The van der Waals surface area contributed by atoms with Crippen molar-refractivity contribution in [1.82, 2.24) is 10.2 Å². The first kappa shape index (κ1) is 15.9. The number of hydrogen-bond acceptors (Lipinski definition) is 3. The third-order valence-corrected chi connectivity index (χ3v) is 4.81. The van der Waals surface area contributed by atoms with Crippen molar-refractivity contribution in [3.63, 3.8) is 0 Å². The van der Waals surface area contributed by atoms with E-state index >= 15 is 0 Å². The Morgan fingerprint density at radius 2 is 2.05 bits per heavy atom. The number of nitrogens with one attached hydrogen (secondary N) is 1. The Kier molecular flexibility index (Phi) is 6.40. The van der Waals surface area contributed by atoms with Crippen molar-refractivity contribution in [1.29, 1.82) is 0 Å². The fourth-order valence-corrected chi connectivity index (χ4v) is 3.47. The van der Waals surface area contributed by atoms with E-state index in [2.05, 4.69) is 60.7 Å². The van der Waals surface area contributed by atoms with Crippen LogP contribution in [0.15, 0.2) is 30.3 Å². The average molecular weight is 292 g/mol. The molecule has 3 heteroatoms. The summed E-state index contributed by atoms with van der Waals surface area (Å²) >= 11 is 1.95. The summed E-state index contributed by atoms with van der Waals surface area (Å²) in [5, 5.41) is 3.76. The van der Waals surface area contributed by atoms with Gasteiger partial charge in [0.1, 0.15) is 0 Å². The zero-order valence-electron chi connectivity index (χ0n) is 13.0. The van der Waals surface area contributed by atoms with Crippen LogP contribution < -0.4 is 5.32 Å². The third kappa shape index (κ3) is 4.51. The highest BCUT2D eigenvalue weighted by molar-refractivity contribution is 7.98. The first-order valence-electron chi connectivity index (χ1n) is 7.71. The highest BCUT2D eigenvalue weighted by Crippen LogP contribution is 2.17. The Morgan fingerprint density at radius 1 is 1.30 bits per heavy atom. The van der Waals surface area contributed by atoms with Gasteiger partial charge in [0.05, 0.1) is 0 Å². The maximum atomic E-state index is 3.76. The number of rotatable bonds is 6. The molecule has 0 aliphatic carbocycles. The molecule has 0 radical (unpaired) electrons. The van der Waals surface area contributed by atoms with Crippen LogP contribution in [-0.2, 0) is 6.42 Å². The molecule has 2 atom stereocenters. The molecular formula is C17H28N2S. The quantitative estimate of drug-likeness (QED) is 0.868. The van der Waals surface area contributed by atoms with Gasteiger partial charge in [0, 0.05) is 37.5 Å². The van der Waals surface area contributed by atoms with Gasteiger partial charge in [0.25, 0.3) is 0 Å². The Morgan fingerprint density at radius 3 is 2.70 bits per heavy atom. The fourth-order valence-electron chi connectivity index (χ4n) is 3.06. The Labute approximate surface area is 128 Å². The van der Waals surface area contributed by atoms with E-state index in [9.17, 15) is 0 Å². The maximum absolute atomic E-state index is 3.76. The lowest BCUT2D eigenvalue weighted by Gasteiger charge is -2.42. The van der Waals surface area contributed by atoms with Crippen LogP contribution in [0.25, 0.3) is 0 Å². The van der Waals surface area contributed by atoms with Crippen LogP contribution >= 0.6 is 11.8 Å². The highest BCUT2D eigenvalue weighted by atomic mass is 32.2. The fraction of sp³-hybridized carbons (Fsp3) is 0.647. The summed E-state index contributed by atoms with van der Waals surface area (Å²) in [6.45, 7) is 8.21. The summed E-state index contributed by atoms with van der Waals surface area (Å²) in [7, 11) is 0. The second-order valence-electron chi connectivity index (χ2n) is 6.09. The monoisotopic (exact) mass is 292 g/mol. The molecule has 1 heterocycles. The molecule has 1 aliphatic heterocycles. The molecule has 0 bridgehead atoms. The van der Waals surface area contributed by atoms with E-state index < -0.39 is 0 Å². The van der Waals surface area contributed by atoms with Gasteiger partial charge in [-0.15, -0.1) is 0 Å². The average Bonchev–Trinajstić information content (AvgIpc) is 2.46. The molecule has 20 heavy (non-hydrogen) atoms. The lowest BCUT2D eigenvalue weighted by Crippen LogP contribution is -2.59. The molecule has 2 unspecified atom stereocenters. The highest BCUT2D eigenvalue weighted by Gasteiger charge is 2.29. The molecule has 0 saturated carbocycles. The maximum Gasteiger partial charge on any atom is 0.0244 e. The largest absolute Gasteiger partial charge is 0.311 e. The van der Waals surface area contributed by atoms with Crippen LogP contribution in [0.2, 0.25) is 0 Å². The second-order valence-corrected chi connectivity index (χ2v) is 7.08. The zero-order valence-corrected chi connectivity index (χ0v) is 13.8. The molecular weight excluding hydrogens is 264 g/mol. The van der Waals surface area contributed by atoms with E-state index in [1.807, 2.05) is 11.8 Å². The molecule has 0 spiro atoms. The van der Waals surface area contributed by atoms with Crippen molar-refractivity contribution in [2.24, 2.45) is 5.92 Å². The number of piperazine rings is 1. The zero-order chi connectivity index (χ0) is 14.4. The lowest BCUT2D eigenvalue weighted by atomic mass is 9.96. The Hall–Kier alpha value is -0.510. The van der Waals surface area contributed by atoms with Crippen LogP contribution in [0.4, 0.5) is 0 Å². The van der Waals surface area contributed by atoms with E-state index in [4.69, 9.17) is 0 Å². The van der Waals surface area contributed by atoms with Crippen molar-refractivity contribution in [3.8, 4) is 0 Å². The molecule has 2 nitrogen and oxygen atoms in total. The van der Waals surface area contributed by atoms with Gasteiger partial charge in [-0.3, -0.25) is 4.90 Å². The Balaban J connectivity index is 1.93. The van der Waals surface area contributed by atoms with Gasteiger partial charge < -0.3 is 5.32 Å². The van der Waals surface area contributed by atoms with Crippen molar-refractivity contribution in [2.45, 2.75) is 32.4 Å². The van der Waals surface area contributed by atoms with E-state index in [0.717, 1.165) is 18.9 Å². The van der Waals surface area contributed by atoms with E-state index in [1.165, 1.54) is 24.4 Å². The Bertz CT molecular complexity index is 380. The summed E-state index contributed by atoms with van der Waals surface area (Å²) < 4.78 is 0. The first-order valence-corrected chi connectivity index (χ1v) is 9.10. The van der Waals surface area contributed by atoms with E-state index in [-0.39, 0.29) is 0 Å². The van der Waals surface area contributed by atoms with Gasteiger partial charge in [0.15, 0.2) is 0 Å². The van der Waals surface area contributed by atoms with Crippen LogP contribution in [0.5, 0.6) is 0 Å². The molecule has 1 fully saturated rings. The standard InChI is InChI=1S/C17H28N2S/c1-14(2)17-12-18-16(13-19(17)9-10-20-3)11-15-7-5-4-6-8-15/h4-8,14,16-18H,9-13H2,1-3H3. The van der Waals surface area contributed by atoms with Gasteiger partial charge in [-0.25, -0.2) is 0 Å². The van der Waals surface area contributed by atoms with E-state index in [0.29, 0.717) is 12.1 Å². The molecule has 112 valence electrons. The number of benzene rings is 1. The van der Waals surface area contributed by atoms with Gasteiger partial charge >= 0.3 is 0 Å². The summed E-state index contributed by atoms with van der Waals surface area (Å²) in [6, 6.07) is 12.1. The molecule has 1 aliphatic rings. The molecule has 1 aromatic carbocycles. The van der Waals surface area contributed by atoms with E-state index in [1.54, 1.807) is 0 Å². The molecule has 1 aromatic rings. The molecule has 2 rings (SSSR count). The van der Waals surface area contributed by atoms with Crippen molar-refractivity contribution in [2.75, 3.05) is 31.6 Å². The van der Waals surface area contributed by atoms with Crippen LogP contribution in [0.3, 0.4) is 0 Å². The van der Waals surface area contributed by atoms with Gasteiger partial charge in [-0.05, 0) is 24.2 Å². The summed E-state index contributed by atoms with van der Waals surface area (Å²) in [5.74, 6) is 1.96. The first-order chi connectivity index (χ1) is 9.70. The van der Waals surface area contributed by atoms with Crippen molar-refractivity contribution in [3.05, 3.63) is 35.9 Å². The normalized spacial score (nSPS) is 24.2. The van der Waals surface area contributed by atoms with Gasteiger partial charge in [-0.2, -0.15) is 11.8 Å². The smallest absolute Gasteiger partial charge is 0.0244 e. The minimum Gasteiger partial charge on any atom is -0.311 e. The van der Waals surface area contributed by atoms with Crippen LogP contribution in [-0.4, -0.2) is 48.6 Å². The molecule has 0 aromatic heterocycles. The van der Waals surface area contributed by atoms with Crippen molar-refractivity contribution < 1.29 is 0 Å². The van der Waals surface area contributed by atoms with Gasteiger partial charge in [-0.1, -0.05) is 44.2 Å². The lowest BCUT2D eigenvalue weighted by molar-refractivity contribution is 0.106. The number of thioether (sulfide) groups is 1. The molecule has 0 amide bonds. The molecule has 1 N–H and O–H groups in total. The van der Waals surface area contributed by atoms with Crippen LogP contribution in [0, 0.1) is 5.92 Å². The van der Waals surface area contributed by atoms with Gasteiger partial charge in [0.2, 0.25) is 0 Å². The second kappa shape index (κ2) is 8.06. The predicted octanol–water partition coefficient (Wildman–Crippen LogP) is 2.89. The predicted molar refractivity (Wildman–Crippen MR) is 90.5 cm³/mol. The molecule has 1 saturated heterocycles. The van der Waals surface area contributed by atoms with Crippen molar-refractivity contribution >= 4 is 11.8 Å². The minimum atomic E-state index is 0.592.